The molecule has 0 saturated carbocycles. The Morgan fingerprint density at radius 1 is 1.35 bits per heavy atom. The van der Waals surface area contributed by atoms with Crippen LogP contribution in [0.4, 0.5) is 0 Å². The summed E-state index contributed by atoms with van der Waals surface area (Å²) in [6.07, 6.45) is -0.261. The van der Waals surface area contributed by atoms with Crippen molar-refractivity contribution in [3.63, 3.8) is 0 Å². The van der Waals surface area contributed by atoms with Crippen molar-refractivity contribution < 1.29 is 14.6 Å². The van der Waals surface area contributed by atoms with Crippen LogP contribution in [0, 0.1) is 5.92 Å². The third-order valence-corrected chi connectivity index (χ3v) is 2.83. The van der Waals surface area contributed by atoms with Crippen molar-refractivity contribution in [1.29, 1.82) is 0 Å². The van der Waals surface area contributed by atoms with Gasteiger partial charge in [0, 0.05) is 12.3 Å². The summed E-state index contributed by atoms with van der Waals surface area (Å²) >= 11 is 0. The third-order valence-electron chi connectivity index (χ3n) is 2.83. The van der Waals surface area contributed by atoms with Gasteiger partial charge in [0.25, 0.3) is 0 Å². The Morgan fingerprint density at radius 2 is 2.00 bits per heavy atom. The molecular weight excluding hydrogens is 216 g/mol. The lowest BCUT2D eigenvalue weighted by molar-refractivity contribution is -0.127. The van der Waals surface area contributed by atoms with E-state index in [0.717, 1.165) is 5.56 Å². The second-order valence-electron chi connectivity index (χ2n) is 4.18. The van der Waals surface area contributed by atoms with Crippen LogP contribution in [0.25, 0.3) is 0 Å². The summed E-state index contributed by atoms with van der Waals surface area (Å²) in [5, 5.41) is 9.75. The fraction of sp³-hybridized carbons (Fsp3) is 0.500. The SMILES string of the molecule is CCC(=O)[C@H](C)[C@@H](O)COCc1ccccc1. The molecule has 0 radical (unpaired) electrons. The van der Waals surface area contributed by atoms with Crippen molar-refractivity contribution >= 4 is 5.78 Å². The molecule has 0 aliphatic heterocycles. The fourth-order valence-corrected chi connectivity index (χ4v) is 1.55. The van der Waals surface area contributed by atoms with Gasteiger partial charge in [-0.15, -0.1) is 0 Å². The van der Waals surface area contributed by atoms with Gasteiger partial charge >= 0.3 is 0 Å². The number of aliphatic hydroxyl groups excluding tert-OH is 1. The van der Waals surface area contributed by atoms with E-state index in [0.29, 0.717) is 13.0 Å². The van der Waals surface area contributed by atoms with Crippen molar-refractivity contribution in [3.8, 4) is 0 Å². The number of aliphatic hydroxyl groups is 1. The van der Waals surface area contributed by atoms with Crippen molar-refractivity contribution in [2.45, 2.75) is 33.0 Å². The van der Waals surface area contributed by atoms with Gasteiger partial charge in [-0.25, -0.2) is 0 Å². The molecule has 0 aromatic heterocycles. The molecule has 3 nitrogen and oxygen atoms in total. The molecule has 1 aromatic rings. The maximum Gasteiger partial charge on any atom is 0.138 e. The minimum absolute atomic E-state index is 0.0702. The molecule has 2 atom stereocenters. The van der Waals surface area contributed by atoms with Crippen LogP contribution in [0.15, 0.2) is 30.3 Å². The average Bonchev–Trinajstić information content (AvgIpc) is 2.38. The molecule has 0 unspecified atom stereocenters. The third kappa shape index (κ3) is 4.67. The van der Waals surface area contributed by atoms with E-state index >= 15 is 0 Å². The lowest BCUT2D eigenvalue weighted by Gasteiger charge is -2.17. The average molecular weight is 236 g/mol. The molecule has 3 heteroatoms. The highest BCUT2D eigenvalue weighted by molar-refractivity contribution is 5.80. The van der Waals surface area contributed by atoms with E-state index in [1.54, 1.807) is 13.8 Å². The molecule has 0 aliphatic carbocycles. The minimum atomic E-state index is -0.717. The van der Waals surface area contributed by atoms with E-state index in [1.807, 2.05) is 30.3 Å². The number of carbonyl (C=O) groups is 1. The largest absolute Gasteiger partial charge is 0.390 e. The van der Waals surface area contributed by atoms with Crippen LogP contribution in [0.5, 0.6) is 0 Å². The quantitative estimate of drug-likeness (QED) is 0.789. The van der Waals surface area contributed by atoms with E-state index < -0.39 is 6.10 Å². The first-order valence-corrected chi connectivity index (χ1v) is 5.97. The van der Waals surface area contributed by atoms with Gasteiger partial charge in [0.05, 0.1) is 19.3 Å². The molecule has 94 valence electrons. The monoisotopic (exact) mass is 236 g/mol. The van der Waals surface area contributed by atoms with Crippen LogP contribution in [0.2, 0.25) is 0 Å². The Morgan fingerprint density at radius 3 is 2.59 bits per heavy atom. The highest BCUT2D eigenvalue weighted by Crippen LogP contribution is 2.08. The van der Waals surface area contributed by atoms with Gasteiger partial charge in [-0.05, 0) is 5.56 Å². The van der Waals surface area contributed by atoms with Crippen molar-refractivity contribution in [3.05, 3.63) is 35.9 Å². The van der Waals surface area contributed by atoms with E-state index in [4.69, 9.17) is 4.74 Å². The Hall–Kier alpha value is -1.19. The second-order valence-corrected chi connectivity index (χ2v) is 4.18. The van der Waals surface area contributed by atoms with E-state index in [9.17, 15) is 9.90 Å². The molecule has 0 aliphatic rings. The maximum atomic E-state index is 11.4. The van der Waals surface area contributed by atoms with Gasteiger partial charge in [-0.3, -0.25) is 4.79 Å². The Bertz CT molecular complexity index is 335. The lowest BCUT2D eigenvalue weighted by Crippen LogP contribution is -2.29. The summed E-state index contributed by atoms with van der Waals surface area (Å²) in [5.41, 5.74) is 1.06. The number of Topliss-reactive ketones (excluding diaryl/α,β-unsaturated/α-hetero) is 1. The first-order chi connectivity index (χ1) is 8.15. The molecule has 0 bridgehead atoms. The number of hydrogen-bond donors (Lipinski definition) is 1. The first kappa shape index (κ1) is 13.9. The summed E-state index contributed by atoms with van der Waals surface area (Å²) in [6.45, 7) is 4.20. The number of hydrogen-bond acceptors (Lipinski definition) is 3. The highest BCUT2D eigenvalue weighted by Gasteiger charge is 2.20. The summed E-state index contributed by atoms with van der Waals surface area (Å²) < 4.78 is 5.40. The van der Waals surface area contributed by atoms with Gasteiger partial charge in [0.2, 0.25) is 0 Å². The molecule has 1 N–H and O–H groups in total. The van der Waals surface area contributed by atoms with Gasteiger partial charge in [0.1, 0.15) is 5.78 Å². The van der Waals surface area contributed by atoms with Crippen LogP contribution in [0.3, 0.4) is 0 Å². The molecule has 1 rings (SSSR count). The lowest BCUT2D eigenvalue weighted by atomic mass is 9.98. The number of rotatable bonds is 7. The fourth-order valence-electron chi connectivity index (χ4n) is 1.55. The summed E-state index contributed by atoms with van der Waals surface area (Å²) in [5.74, 6) is -0.281. The summed E-state index contributed by atoms with van der Waals surface area (Å²) in [4.78, 5) is 11.4. The van der Waals surface area contributed by atoms with Gasteiger partial charge in [-0.1, -0.05) is 44.2 Å². The van der Waals surface area contributed by atoms with Crippen molar-refractivity contribution in [2.75, 3.05) is 6.61 Å². The maximum absolute atomic E-state index is 11.4. The highest BCUT2D eigenvalue weighted by atomic mass is 16.5. The minimum Gasteiger partial charge on any atom is -0.390 e. The van der Waals surface area contributed by atoms with E-state index in [2.05, 4.69) is 0 Å². The Kier molecular flexibility index (Phi) is 5.87. The summed E-state index contributed by atoms with van der Waals surface area (Å²) in [7, 11) is 0. The molecule has 17 heavy (non-hydrogen) atoms. The molecule has 1 aromatic carbocycles. The van der Waals surface area contributed by atoms with Gasteiger partial charge in [0.15, 0.2) is 0 Å². The molecule has 0 spiro atoms. The number of carbonyl (C=O) groups excluding carboxylic acids is 1. The Labute approximate surface area is 102 Å². The van der Waals surface area contributed by atoms with E-state index in [-0.39, 0.29) is 18.3 Å². The second kappa shape index (κ2) is 7.20. The molecule has 0 fully saturated rings. The number of benzene rings is 1. The Balaban J connectivity index is 2.29. The number of ketones is 1. The topological polar surface area (TPSA) is 46.5 Å². The van der Waals surface area contributed by atoms with Crippen LogP contribution in [0.1, 0.15) is 25.8 Å². The van der Waals surface area contributed by atoms with Gasteiger partial charge in [-0.2, -0.15) is 0 Å². The number of ether oxygens (including phenoxy) is 1. The normalized spacial score (nSPS) is 14.3. The predicted molar refractivity (Wildman–Crippen MR) is 66.6 cm³/mol. The van der Waals surface area contributed by atoms with Crippen molar-refractivity contribution in [2.24, 2.45) is 5.92 Å². The zero-order valence-electron chi connectivity index (χ0n) is 10.4. The first-order valence-electron chi connectivity index (χ1n) is 5.97. The summed E-state index contributed by atoms with van der Waals surface area (Å²) in [6, 6.07) is 9.76. The zero-order valence-corrected chi connectivity index (χ0v) is 10.4. The van der Waals surface area contributed by atoms with Crippen LogP contribution >= 0.6 is 0 Å². The smallest absolute Gasteiger partial charge is 0.138 e. The van der Waals surface area contributed by atoms with E-state index in [1.165, 1.54) is 0 Å². The van der Waals surface area contributed by atoms with Crippen LogP contribution < -0.4 is 0 Å². The molecular formula is C14H20O3. The standard InChI is InChI=1S/C14H20O3/c1-3-13(15)11(2)14(16)10-17-9-12-7-5-4-6-8-12/h4-8,11,14,16H,3,9-10H2,1-2H3/t11-,14-/m0/s1. The predicted octanol–water partition coefficient (Wildman–Crippen LogP) is 2.18. The molecule has 0 amide bonds. The van der Waals surface area contributed by atoms with Crippen molar-refractivity contribution in [1.82, 2.24) is 0 Å². The van der Waals surface area contributed by atoms with Gasteiger partial charge < -0.3 is 9.84 Å². The zero-order chi connectivity index (χ0) is 12.7. The van der Waals surface area contributed by atoms with Crippen LogP contribution in [-0.4, -0.2) is 23.6 Å². The van der Waals surface area contributed by atoms with Crippen LogP contribution in [-0.2, 0) is 16.1 Å². The molecule has 0 heterocycles. The molecule has 0 saturated heterocycles.